The number of nitrogens with one attached hydrogen (secondary N) is 2. The number of carbonyl (C=O) groups is 2. The molecule has 0 radical (unpaired) electrons. The van der Waals surface area contributed by atoms with Crippen LogP contribution in [-0.4, -0.2) is 28.9 Å². The zero-order valence-electron chi connectivity index (χ0n) is 15.4. The minimum absolute atomic E-state index is 0.0496. The molecule has 3 N–H and O–H groups in total. The molecule has 0 atom stereocenters. The van der Waals surface area contributed by atoms with Crippen molar-refractivity contribution in [3.8, 4) is 11.8 Å². The van der Waals surface area contributed by atoms with E-state index in [2.05, 4.69) is 10.6 Å². The molecule has 0 unspecified atom stereocenters. The average molecular weight is 549 g/mol. The molecule has 160 valence electrons. The Bertz CT molecular complexity index is 1000. The molecular weight excluding hydrogens is 534 g/mol. The number of amides is 2. The summed E-state index contributed by atoms with van der Waals surface area (Å²) in [5.74, 6) is -1.85. The van der Waals surface area contributed by atoms with Crippen molar-refractivity contribution in [2.75, 3.05) is 16.9 Å². The summed E-state index contributed by atoms with van der Waals surface area (Å²) < 4.78 is 28.4. The van der Waals surface area contributed by atoms with E-state index in [9.17, 15) is 19.2 Å². The van der Waals surface area contributed by atoms with Gasteiger partial charge in [-0.2, -0.15) is 5.26 Å². The van der Waals surface area contributed by atoms with Gasteiger partial charge in [0.15, 0.2) is 0 Å². The molecule has 0 aliphatic rings. The van der Waals surface area contributed by atoms with Crippen LogP contribution in [0.2, 0.25) is 5.02 Å². The molecule has 2 aromatic carbocycles. The van der Waals surface area contributed by atoms with Crippen LogP contribution in [0.5, 0.6) is 5.75 Å². The summed E-state index contributed by atoms with van der Waals surface area (Å²) in [7, 11) is 1.45. The second-order valence-electron chi connectivity index (χ2n) is 5.69. The number of hydrogen-bond donors (Lipinski definition) is 3. The molecule has 12 heteroatoms. The fourth-order valence-corrected chi connectivity index (χ4v) is 3.07. The van der Waals surface area contributed by atoms with Gasteiger partial charge in [-0.15, -0.1) is 0 Å². The van der Waals surface area contributed by atoms with Crippen molar-refractivity contribution in [3.63, 3.8) is 0 Å². The van der Waals surface area contributed by atoms with Gasteiger partial charge in [0.05, 0.1) is 0 Å². The minimum atomic E-state index is -1.99. The maximum atomic E-state index is 14.0. The number of rotatable bonds is 8. The Hall–Kier alpha value is -2.66. The molecular formula is C18H15ClFIN4O5-2. The SMILES string of the molecule is CNC(=O)COc1cc(C#N)ccc1CNC(=O)c1cc(Cl)c(F)c(N([O-])[I-]O)c1. The van der Waals surface area contributed by atoms with E-state index in [1.807, 2.05) is 6.07 Å². The number of nitriles is 1. The number of likely N-dealkylation sites (N-methyl/N-ethyl adjacent to an activating group) is 1. The Kier molecular flexibility index (Phi) is 8.60. The molecule has 0 aromatic heterocycles. The molecule has 9 nitrogen and oxygen atoms in total. The van der Waals surface area contributed by atoms with Gasteiger partial charge in [-0.1, -0.05) is 0 Å². The summed E-state index contributed by atoms with van der Waals surface area (Å²) in [4.78, 5) is 23.9. The Morgan fingerprint density at radius 1 is 1.40 bits per heavy atom. The first-order chi connectivity index (χ1) is 14.3. The van der Waals surface area contributed by atoms with Gasteiger partial charge in [0.1, 0.15) is 0 Å². The van der Waals surface area contributed by atoms with Crippen LogP contribution in [-0.2, 0) is 11.3 Å². The third-order valence-corrected chi connectivity index (χ3v) is 4.99. The van der Waals surface area contributed by atoms with E-state index in [-0.39, 0.29) is 33.6 Å². The second-order valence-corrected chi connectivity index (χ2v) is 7.41. The summed E-state index contributed by atoms with van der Waals surface area (Å²) >= 11 is 3.76. The Morgan fingerprint density at radius 3 is 2.77 bits per heavy atom. The number of benzene rings is 2. The van der Waals surface area contributed by atoms with Gasteiger partial charge in [0.2, 0.25) is 0 Å². The van der Waals surface area contributed by atoms with E-state index in [4.69, 9.17) is 25.0 Å². The molecule has 0 spiro atoms. The topological polar surface area (TPSA) is 138 Å². The van der Waals surface area contributed by atoms with E-state index in [1.165, 1.54) is 19.2 Å². The third-order valence-electron chi connectivity index (χ3n) is 3.80. The number of carbonyl (C=O) groups excluding carboxylic acids is 2. The van der Waals surface area contributed by atoms with Crippen LogP contribution in [0.15, 0.2) is 30.3 Å². The van der Waals surface area contributed by atoms with Gasteiger partial charge in [0.25, 0.3) is 0 Å². The van der Waals surface area contributed by atoms with Crippen LogP contribution >= 0.6 is 11.6 Å². The van der Waals surface area contributed by atoms with Crippen molar-refractivity contribution in [3.05, 3.63) is 63.1 Å². The van der Waals surface area contributed by atoms with Gasteiger partial charge < -0.3 is 5.32 Å². The van der Waals surface area contributed by atoms with Gasteiger partial charge in [-0.25, -0.2) is 0 Å². The predicted octanol–water partition coefficient (Wildman–Crippen LogP) is -1.38. The molecule has 0 fully saturated rings. The Balaban J connectivity index is 2.21. The van der Waals surface area contributed by atoms with E-state index in [1.54, 1.807) is 6.07 Å². The van der Waals surface area contributed by atoms with Crippen molar-refractivity contribution < 1.29 is 44.0 Å². The van der Waals surface area contributed by atoms with E-state index >= 15 is 0 Å². The molecule has 0 bridgehead atoms. The monoisotopic (exact) mass is 548 g/mol. The summed E-state index contributed by atoms with van der Waals surface area (Å²) in [5, 5.41) is 25.2. The molecule has 0 saturated heterocycles. The van der Waals surface area contributed by atoms with Crippen LogP contribution in [0.25, 0.3) is 0 Å². The first-order valence-corrected chi connectivity index (χ1v) is 10.5. The molecule has 0 aliphatic heterocycles. The van der Waals surface area contributed by atoms with Crippen LogP contribution in [0.4, 0.5) is 10.1 Å². The van der Waals surface area contributed by atoms with Crippen molar-refractivity contribution >= 4 is 29.1 Å². The van der Waals surface area contributed by atoms with Crippen LogP contribution < -0.4 is 40.5 Å². The number of ether oxygens (including phenoxy) is 1. The van der Waals surface area contributed by atoms with Crippen molar-refractivity contribution in [1.29, 1.82) is 5.26 Å². The molecule has 2 rings (SSSR count). The van der Waals surface area contributed by atoms with E-state index in [0.717, 1.165) is 12.1 Å². The number of anilines is 1. The zero-order valence-corrected chi connectivity index (χ0v) is 18.3. The zero-order chi connectivity index (χ0) is 22.3. The first-order valence-electron chi connectivity index (χ1n) is 8.20. The van der Waals surface area contributed by atoms with Gasteiger partial charge in [-0.05, 0) is 0 Å². The first kappa shape index (κ1) is 23.6. The van der Waals surface area contributed by atoms with Crippen molar-refractivity contribution in [1.82, 2.24) is 10.6 Å². The molecule has 0 heterocycles. The second kappa shape index (κ2) is 10.9. The molecule has 30 heavy (non-hydrogen) atoms. The van der Waals surface area contributed by atoms with Gasteiger partial charge >= 0.3 is 165 Å². The van der Waals surface area contributed by atoms with Crippen LogP contribution in [0.1, 0.15) is 21.5 Å². The van der Waals surface area contributed by atoms with Crippen LogP contribution in [0, 0.1) is 22.4 Å². The molecule has 0 aliphatic carbocycles. The van der Waals surface area contributed by atoms with Gasteiger partial charge in [0, 0.05) is 7.05 Å². The fraction of sp³-hybridized carbons (Fsp3) is 0.167. The maximum absolute atomic E-state index is 14.0. The third kappa shape index (κ3) is 5.92. The Morgan fingerprint density at radius 2 is 2.13 bits per heavy atom. The van der Waals surface area contributed by atoms with Crippen molar-refractivity contribution in [2.45, 2.75) is 6.54 Å². The average Bonchev–Trinajstić information content (AvgIpc) is 2.76. The van der Waals surface area contributed by atoms with E-state index in [0.29, 0.717) is 11.1 Å². The molecule has 2 amide bonds. The standard InChI is InChI=1S/C18H15ClFIN4O5/c1-23-16(26)9-30-15-4-10(7-22)2-3-11(15)8-24-18(27)12-5-13(19)17(20)14(6-12)25(29)21-28/h2-6,28H,8-9H2,1H3,(H,23,26)(H,24,27)/q-2. The number of nitrogens with zero attached hydrogens (tertiary/aromatic N) is 2. The van der Waals surface area contributed by atoms with Gasteiger partial charge in [-0.3, -0.25) is 4.79 Å². The summed E-state index contributed by atoms with van der Waals surface area (Å²) in [6.45, 7) is -0.335. The summed E-state index contributed by atoms with van der Waals surface area (Å²) in [5.41, 5.74) is 0.160. The molecule has 0 saturated carbocycles. The fourth-order valence-electron chi connectivity index (χ4n) is 2.27. The Labute approximate surface area is 187 Å². The summed E-state index contributed by atoms with van der Waals surface area (Å²) in [6, 6.07) is 8.49. The normalized spacial score (nSPS) is 10.3. The van der Waals surface area contributed by atoms with Crippen molar-refractivity contribution in [2.24, 2.45) is 0 Å². The number of halogens is 3. The quantitative estimate of drug-likeness (QED) is 0.210. The predicted molar refractivity (Wildman–Crippen MR) is 101 cm³/mol. The number of hydrogen-bond acceptors (Lipinski definition) is 7. The molecule has 2 aromatic rings. The van der Waals surface area contributed by atoms with E-state index < -0.39 is 44.3 Å². The summed E-state index contributed by atoms with van der Waals surface area (Å²) in [6.07, 6.45) is 0. The van der Waals surface area contributed by atoms with Crippen LogP contribution in [0.3, 0.4) is 0 Å².